The molecule has 0 saturated carbocycles. The molecule has 4 heteroatoms. The van der Waals surface area contributed by atoms with Gasteiger partial charge in [0.15, 0.2) is 0 Å². The molecule has 1 N–H and O–H groups in total. The van der Waals surface area contributed by atoms with Crippen LogP contribution in [0.1, 0.15) is 73.4 Å². The van der Waals surface area contributed by atoms with Crippen molar-refractivity contribution in [2.75, 3.05) is 0 Å². The third kappa shape index (κ3) is 5.44. The third-order valence-electron chi connectivity index (χ3n) is 5.43. The van der Waals surface area contributed by atoms with Crippen LogP contribution < -0.4 is 4.74 Å². The zero-order valence-corrected chi connectivity index (χ0v) is 19.5. The molecule has 0 bridgehead atoms. The van der Waals surface area contributed by atoms with Crippen molar-refractivity contribution in [1.82, 2.24) is 0 Å². The Bertz CT molecular complexity index is 1090. The minimum Gasteiger partial charge on any atom is -0.478 e. The molecule has 3 aromatic rings. The number of benzene rings is 3. The van der Waals surface area contributed by atoms with Crippen molar-refractivity contribution in [3.8, 4) is 16.9 Å². The largest absolute Gasteiger partial charge is 0.478 e. The summed E-state index contributed by atoms with van der Waals surface area (Å²) in [6.45, 7) is 12.8. The van der Waals surface area contributed by atoms with E-state index in [-0.39, 0.29) is 16.4 Å². The first-order valence-electron chi connectivity index (χ1n) is 10.7. The summed E-state index contributed by atoms with van der Waals surface area (Å²) in [5, 5.41) is 9.04. The standard InChI is InChI=1S/C28H30O4/c1-27(2,3)22-15-23(28(4,5)6)17-24(16-22)32-26(31)21-13-9-19(10-14-21)18-7-11-20(12-8-18)25(29)30/h7-17H,1-6H3,(H,29,30). The number of aromatic carboxylic acids is 1. The first kappa shape index (κ1) is 23.3. The van der Waals surface area contributed by atoms with Crippen LogP contribution in [0.25, 0.3) is 11.1 Å². The fourth-order valence-corrected chi connectivity index (χ4v) is 3.29. The molecular weight excluding hydrogens is 400 g/mol. The minimum atomic E-state index is -0.959. The summed E-state index contributed by atoms with van der Waals surface area (Å²) in [6.07, 6.45) is 0. The average Bonchev–Trinajstić information content (AvgIpc) is 2.72. The van der Waals surface area contributed by atoms with Gasteiger partial charge in [-0.25, -0.2) is 9.59 Å². The molecule has 3 aromatic carbocycles. The number of carbonyl (C=O) groups is 2. The quantitative estimate of drug-likeness (QED) is 0.362. The van der Waals surface area contributed by atoms with E-state index in [1.54, 1.807) is 36.4 Å². The predicted molar refractivity (Wildman–Crippen MR) is 128 cm³/mol. The Kier molecular flexibility index (Phi) is 6.27. The smallest absolute Gasteiger partial charge is 0.343 e. The molecule has 32 heavy (non-hydrogen) atoms. The second-order valence-corrected chi connectivity index (χ2v) is 10.1. The highest BCUT2D eigenvalue weighted by Crippen LogP contribution is 2.33. The molecule has 0 fully saturated rings. The van der Waals surface area contributed by atoms with Crippen LogP contribution in [0.2, 0.25) is 0 Å². The van der Waals surface area contributed by atoms with Crippen molar-refractivity contribution < 1.29 is 19.4 Å². The molecule has 4 nitrogen and oxygen atoms in total. The zero-order valence-electron chi connectivity index (χ0n) is 19.5. The van der Waals surface area contributed by atoms with Crippen LogP contribution in [0.5, 0.6) is 5.75 Å². The SMILES string of the molecule is CC(C)(C)c1cc(OC(=O)c2ccc(-c3ccc(C(=O)O)cc3)cc2)cc(C(C)(C)C)c1. The van der Waals surface area contributed by atoms with Crippen molar-refractivity contribution in [3.05, 3.63) is 89.0 Å². The molecule has 0 aromatic heterocycles. The molecule has 0 aliphatic carbocycles. The first-order valence-corrected chi connectivity index (χ1v) is 10.7. The maximum absolute atomic E-state index is 12.8. The highest BCUT2D eigenvalue weighted by molar-refractivity contribution is 5.92. The lowest BCUT2D eigenvalue weighted by Crippen LogP contribution is -2.17. The second kappa shape index (κ2) is 8.62. The maximum atomic E-state index is 12.8. The summed E-state index contributed by atoms with van der Waals surface area (Å²) in [7, 11) is 0. The zero-order chi connectivity index (χ0) is 23.7. The second-order valence-electron chi connectivity index (χ2n) is 10.1. The van der Waals surface area contributed by atoms with Crippen LogP contribution in [-0.4, -0.2) is 17.0 Å². The van der Waals surface area contributed by atoms with Crippen LogP contribution in [-0.2, 0) is 10.8 Å². The number of rotatable bonds is 4. The summed E-state index contributed by atoms with van der Waals surface area (Å²) >= 11 is 0. The normalized spacial score (nSPS) is 11.8. The van der Waals surface area contributed by atoms with E-state index in [4.69, 9.17) is 9.84 Å². The van der Waals surface area contributed by atoms with E-state index in [1.165, 1.54) is 0 Å². The Hall–Kier alpha value is -3.40. The number of hydrogen-bond acceptors (Lipinski definition) is 3. The molecule has 0 aliphatic rings. The summed E-state index contributed by atoms with van der Waals surface area (Å²) in [6, 6.07) is 19.8. The van der Waals surface area contributed by atoms with E-state index >= 15 is 0 Å². The Labute approximate surface area is 189 Å². The van der Waals surface area contributed by atoms with Crippen LogP contribution in [0.4, 0.5) is 0 Å². The summed E-state index contributed by atoms with van der Waals surface area (Å²) in [5.41, 5.74) is 4.56. The molecule has 0 saturated heterocycles. The van der Waals surface area contributed by atoms with Crippen LogP contribution in [0.15, 0.2) is 66.7 Å². The first-order chi connectivity index (χ1) is 14.8. The van der Waals surface area contributed by atoms with E-state index in [0.29, 0.717) is 11.3 Å². The van der Waals surface area contributed by atoms with Gasteiger partial charge in [0.1, 0.15) is 5.75 Å². The van der Waals surface area contributed by atoms with E-state index in [9.17, 15) is 9.59 Å². The predicted octanol–water partition coefficient (Wildman–Crippen LogP) is 6.87. The van der Waals surface area contributed by atoms with Crippen molar-refractivity contribution in [2.45, 2.75) is 52.4 Å². The summed E-state index contributed by atoms with van der Waals surface area (Å²) in [5.74, 6) is -0.829. The fourth-order valence-electron chi connectivity index (χ4n) is 3.29. The van der Waals surface area contributed by atoms with Gasteiger partial charge in [0.2, 0.25) is 0 Å². The molecule has 3 rings (SSSR count). The molecular formula is C28H30O4. The maximum Gasteiger partial charge on any atom is 0.343 e. The van der Waals surface area contributed by atoms with Gasteiger partial charge in [-0.3, -0.25) is 0 Å². The van der Waals surface area contributed by atoms with Gasteiger partial charge >= 0.3 is 11.9 Å². The van der Waals surface area contributed by atoms with Gasteiger partial charge < -0.3 is 9.84 Å². The molecule has 0 heterocycles. The molecule has 0 atom stereocenters. The van der Waals surface area contributed by atoms with Crippen molar-refractivity contribution in [3.63, 3.8) is 0 Å². The number of carboxylic acids is 1. The summed E-state index contributed by atoms with van der Waals surface area (Å²) in [4.78, 5) is 23.8. The Balaban J connectivity index is 1.83. The topological polar surface area (TPSA) is 63.6 Å². The van der Waals surface area contributed by atoms with Gasteiger partial charge in [0, 0.05) is 0 Å². The lowest BCUT2D eigenvalue weighted by molar-refractivity contribution is 0.0694. The molecule has 0 spiro atoms. The van der Waals surface area contributed by atoms with Crippen LogP contribution in [0, 0.1) is 0 Å². The van der Waals surface area contributed by atoms with Crippen molar-refractivity contribution >= 4 is 11.9 Å². The molecule has 166 valence electrons. The highest BCUT2D eigenvalue weighted by Gasteiger charge is 2.22. The Morgan fingerprint density at radius 1 is 0.656 bits per heavy atom. The molecule has 0 aliphatic heterocycles. The number of ether oxygens (including phenoxy) is 1. The summed E-state index contributed by atoms with van der Waals surface area (Å²) < 4.78 is 5.76. The minimum absolute atomic E-state index is 0.0692. The number of esters is 1. The van der Waals surface area contributed by atoms with Gasteiger partial charge in [-0.15, -0.1) is 0 Å². The van der Waals surface area contributed by atoms with E-state index in [0.717, 1.165) is 22.3 Å². The van der Waals surface area contributed by atoms with Gasteiger partial charge in [-0.05, 0) is 69.5 Å². The molecule has 0 radical (unpaired) electrons. The highest BCUT2D eigenvalue weighted by atomic mass is 16.5. The van der Waals surface area contributed by atoms with Crippen molar-refractivity contribution in [1.29, 1.82) is 0 Å². The average molecular weight is 431 g/mol. The Morgan fingerprint density at radius 3 is 1.44 bits per heavy atom. The van der Waals surface area contributed by atoms with Crippen molar-refractivity contribution in [2.24, 2.45) is 0 Å². The fraction of sp³-hybridized carbons (Fsp3) is 0.286. The van der Waals surface area contributed by atoms with Crippen LogP contribution >= 0.6 is 0 Å². The van der Waals surface area contributed by atoms with E-state index in [2.05, 4.69) is 47.6 Å². The van der Waals surface area contributed by atoms with E-state index in [1.807, 2.05) is 24.3 Å². The third-order valence-corrected chi connectivity index (χ3v) is 5.43. The molecule has 0 amide bonds. The number of carbonyl (C=O) groups excluding carboxylic acids is 1. The number of hydrogen-bond donors (Lipinski definition) is 1. The van der Waals surface area contributed by atoms with Gasteiger partial charge in [0.05, 0.1) is 11.1 Å². The van der Waals surface area contributed by atoms with E-state index < -0.39 is 11.9 Å². The van der Waals surface area contributed by atoms with Gasteiger partial charge in [-0.2, -0.15) is 0 Å². The lowest BCUT2D eigenvalue weighted by Gasteiger charge is -2.25. The van der Waals surface area contributed by atoms with Gasteiger partial charge in [0.25, 0.3) is 0 Å². The molecule has 0 unspecified atom stereocenters. The number of carboxylic acid groups (broad SMARTS) is 1. The lowest BCUT2D eigenvalue weighted by atomic mass is 9.80. The Morgan fingerprint density at radius 2 is 1.06 bits per heavy atom. The van der Waals surface area contributed by atoms with Crippen LogP contribution in [0.3, 0.4) is 0 Å². The van der Waals surface area contributed by atoms with Gasteiger partial charge in [-0.1, -0.05) is 71.9 Å². The monoisotopic (exact) mass is 430 g/mol.